The average molecular weight is 223 g/mol. The van der Waals surface area contributed by atoms with Crippen molar-refractivity contribution in [2.24, 2.45) is 5.73 Å². The van der Waals surface area contributed by atoms with Crippen LogP contribution < -0.4 is 5.73 Å². The second kappa shape index (κ2) is 5.78. The van der Waals surface area contributed by atoms with Crippen LogP contribution in [-0.4, -0.2) is 27.5 Å². The molecule has 0 radical (unpaired) electrons. The Morgan fingerprint density at radius 2 is 2.07 bits per heavy atom. The summed E-state index contributed by atoms with van der Waals surface area (Å²) in [5.41, 5.74) is 6.79. The average Bonchev–Trinajstić information content (AvgIpc) is 2.17. The van der Waals surface area contributed by atoms with Crippen LogP contribution in [0.1, 0.15) is 19.4 Å². The predicted molar refractivity (Wildman–Crippen MR) is 66.6 cm³/mol. The van der Waals surface area contributed by atoms with Crippen molar-refractivity contribution in [3.8, 4) is 0 Å². The van der Waals surface area contributed by atoms with E-state index >= 15 is 0 Å². The van der Waals surface area contributed by atoms with Gasteiger partial charge in [-0.15, -0.1) is 0 Å². The molecular formula is C11H17N3S. The summed E-state index contributed by atoms with van der Waals surface area (Å²) >= 11 is 4.93. The van der Waals surface area contributed by atoms with E-state index in [0.29, 0.717) is 17.6 Å². The fourth-order valence-corrected chi connectivity index (χ4v) is 1.51. The van der Waals surface area contributed by atoms with Crippen LogP contribution in [0.25, 0.3) is 0 Å². The van der Waals surface area contributed by atoms with Crippen molar-refractivity contribution in [3.05, 3.63) is 30.1 Å². The molecule has 82 valence electrons. The lowest BCUT2D eigenvalue weighted by molar-refractivity contribution is 0.245. The first-order chi connectivity index (χ1) is 7.09. The number of pyridine rings is 1. The normalized spacial score (nSPS) is 10.9. The third kappa shape index (κ3) is 4.36. The van der Waals surface area contributed by atoms with E-state index < -0.39 is 0 Å². The van der Waals surface area contributed by atoms with E-state index in [-0.39, 0.29) is 0 Å². The highest BCUT2D eigenvalue weighted by Crippen LogP contribution is 2.06. The quantitative estimate of drug-likeness (QED) is 0.770. The fourth-order valence-electron chi connectivity index (χ4n) is 1.34. The Morgan fingerprint density at radius 3 is 2.53 bits per heavy atom. The van der Waals surface area contributed by atoms with Gasteiger partial charge in [-0.3, -0.25) is 9.88 Å². The van der Waals surface area contributed by atoms with Crippen molar-refractivity contribution in [3.63, 3.8) is 0 Å². The molecule has 4 heteroatoms. The molecule has 0 saturated heterocycles. The minimum Gasteiger partial charge on any atom is -0.392 e. The summed E-state index contributed by atoms with van der Waals surface area (Å²) < 4.78 is 0. The van der Waals surface area contributed by atoms with E-state index in [1.807, 2.05) is 12.1 Å². The molecular weight excluding hydrogens is 206 g/mol. The molecule has 3 nitrogen and oxygen atoms in total. The van der Waals surface area contributed by atoms with E-state index in [1.54, 1.807) is 12.4 Å². The molecule has 0 spiro atoms. The Labute approximate surface area is 96.3 Å². The van der Waals surface area contributed by atoms with Gasteiger partial charge >= 0.3 is 0 Å². The number of aromatic nitrogens is 1. The Hall–Kier alpha value is -1.00. The van der Waals surface area contributed by atoms with E-state index in [2.05, 4.69) is 23.7 Å². The first-order valence-electron chi connectivity index (χ1n) is 5.01. The zero-order chi connectivity index (χ0) is 11.3. The molecule has 0 aliphatic carbocycles. The van der Waals surface area contributed by atoms with Crippen molar-refractivity contribution in [1.82, 2.24) is 9.88 Å². The summed E-state index contributed by atoms with van der Waals surface area (Å²) in [6, 6.07) is 4.45. The summed E-state index contributed by atoms with van der Waals surface area (Å²) in [6.45, 7) is 5.80. The first kappa shape index (κ1) is 12.1. The van der Waals surface area contributed by atoms with Gasteiger partial charge in [0.05, 0.1) is 4.99 Å². The van der Waals surface area contributed by atoms with Gasteiger partial charge < -0.3 is 5.73 Å². The minimum absolute atomic E-state index is 0.430. The van der Waals surface area contributed by atoms with Crippen molar-refractivity contribution in [2.45, 2.75) is 26.4 Å². The summed E-state index contributed by atoms with van der Waals surface area (Å²) in [5, 5.41) is 0. The second-order valence-corrected chi connectivity index (χ2v) is 4.34. The van der Waals surface area contributed by atoms with Crippen LogP contribution in [0.4, 0.5) is 0 Å². The highest BCUT2D eigenvalue weighted by atomic mass is 32.1. The molecule has 0 aromatic carbocycles. The number of thiocarbonyl (C=S) groups is 1. The molecule has 1 aromatic rings. The third-order valence-corrected chi connectivity index (χ3v) is 2.35. The van der Waals surface area contributed by atoms with Gasteiger partial charge in [-0.25, -0.2) is 0 Å². The summed E-state index contributed by atoms with van der Waals surface area (Å²) in [5.74, 6) is 0. The fraction of sp³-hybridized carbons (Fsp3) is 0.455. The molecule has 0 saturated carbocycles. The van der Waals surface area contributed by atoms with Gasteiger partial charge in [-0.1, -0.05) is 12.2 Å². The SMILES string of the molecule is CC(C)N(CC(N)=S)Cc1ccncc1. The van der Waals surface area contributed by atoms with Crippen molar-refractivity contribution < 1.29 is 0 Å². The topological polar surface area (TPSA) is 42.1 Å². The Kier molecular flexibility index (Phi) is 4.65. The number of hydrogen-bond acceptors (Lipinski definition) is 3. The molecule has 0 aliphatic heterocycles. The number of nitrogens with zero attached hydrogens (tertiary/aromatic N) is 2. The monoisotopic (exact) mass is 223 g/mol. The van der Waals surface area contributed by atoms with Crippen LogP contribution in [0.3, 0.4) is 0 Å². The van der Waals surface area contributed by atoms with Crippen molar-refractivity contribution in [2.75, 3.05) is 6.54 Å². The molecule has 1 aromatic heterocycles. The van der Waals surface area contributed by atoms with Crippen LogP contribution in [0.5, 0.6) is 0 Å². The van der Waals surface area contributed by atoms with Gasteiger partial charge in [0.15, 0.2) is 0 Å². The highest BCUT2D eigenvalue weighted by Gasteiger charge is 2.10. The van der Waals surface area contributed by atoms with Gasteiger partial charge in [0.1, 0.15) is 0 Å². The Bertz CT molecular complexity index is 311. The minimum atomic E-state index is 0.430. The molecule has 1 rings (SSSR count). The smallest absolute Gasteiger partial charge is 0.0870 e. The van der Waals surface area contributed by atoms with Gasteiger partial charge in [-0.2, -0.15) is 0 Å². The number of hydrogen-bond donors (Lipinski definition) is 1. The van der Waals surface area contributed by atoms with Crippen molar-refractivity contribution >= 4 is 17.2 Å². The highest BCUT2D eigenvalue weighted by molar-refractivity contribution is 7.80. The third-order valence-electron chi connectivity index (χ3n) is 2.22. The van der Waals surface area contributed by atoms with E-state index in [4.69, 9.17) is 18.0 Å². The van der Waals surface area contributed by atoms with Gasteiger partial charge in [-0.05, 0) is 31.5 Å². The Morgan fingerprint density at radius 1 is 1.47 bits per heavy atom. The molecule has 1 heterocycles. The van der Waals surface area contributed by atoms with E-state index in [0.717, 1.165) is 6.54 Å². The van der Waals surface area contributed by atoms with Crippen LogP contribution in [-0.2, 0) is 6.54 Å². The molecule has 0 bridgehead atoms. The largest absolute Gasteiger partial charge is 0.392 e. The second-order valence-electron chi connectivity index (χ2n) is 3.82. The first-order valence-corrected chi connectivity index (χ1v) is 5.41. The van der Waals surface area contributed by atoms with Gasteiger partial charge in [0, 0.05) is 31.5 Å². The maximum Gasteiger partial charge on any atom is 0.0870 e. The summed E-state index contributed by atoms with van der Waals surface area (Å²) in [6.07, 6.45) is 3.60. The van der Waals surface area contributed by atoms with Gasteiger partial charge in [0.25, 0.3) is 0 Å². The maximum atomic E-state index is 5.56. The maximum absolute atomic E-state index is 5.56. The standard InChI is InChI=1S/C11H17N3S/c1-9(2)14(8-11(12)15)7-10-3-5-13-6-4-10/h3-6,9H,7-8H2,1-2H3,(H2,12,15). The predicted octanol–water partition coefficient (Wildman–Crippen LogP) is 1.58. The number of rotatable bonds is 5. The molecule has 0 unspecified atom stereocenters. The lowest BCUT2D eigenvalue weighted by Crippen LogP contribution is -2.37. The van der Waals surface area contributed by atoms with E-state index in [1.165, 1.54) is 5.56 Å². The molecule has 0 aliphatic rings. The lowest BCUT2D eigenvalue weighted by atomic mass is 10.2. The van der Waals surface area contributed by atoms with E-state index in [9.17, 15) is 0 Å². The lowest BCUT2D eigenvalue weighted by Gasteiger charge is -2.25. The molecule has 0 fully saturated rings. The zero-order valence-corrected chi connectivity index (χ0v) is 10.00. The summed E-state index contributed by atoms with van der Waals surface area (Å²) in [7, 11) is 0. The summed E-state index contributed by atoms with van der Waals surface area (Å²) in [4.78, 5) is 6.76. The molecule has 0 amide bonds. The van der Waals surface area contributed by atoms with Crippen molar-refractivity contribution in [1.29, 1.82) is 0 Å². The Balaban J connectivity index is 2.63. The van der Waals surface area contributed by atoms with Gasteiger partial charge in [0.2, 0.25) is 0 Å². The molecule has 2 N–H and O–H groups in total. The van der Waals surface area contributed by atoms with Crippen LogP contribution >= 0.6 is 12.2 Å². The van der Waals surface area contributed by atoms with Crippen LogP contribution in [0, 0.1) is 0 Å². The molecule has 15 heavy (non-hydrogen) atoms. The van der Waals surface area contributed by atoms with Crippen LogP contribution in [0.2, 0.25) is 0 Å². The molecule has 0 atom stereocenters. The van der Waals surface area contributed by atoms with Crippen LogP contribution in [0.15, 0.2) is 24.5 Å². The zero-order valence-electron chi connectivity index (χ0n) is 9.18. The number of nitrogens with two attached hydrogens (primary N) is 1.